The monoisotopic (exact) mass is 502 g/mol. The number of carbonyl (C=O) groups is 2. The van der Waals surface area contributed by atoms with Crippen LogP contribution in [-0.4, -0.2) is 65.7 Å². The first-order valence-electron chi connectivity index (χ1n) is 12.6. The minimum absolute atomic E-state index is 0.0633. The number of imidazole rings is 1. The van der Waals surface area contributed by atoms with E-state index < -0.39 is 0 Å². The largest absolute Gasteiger partial charge is 0.492 e. The summed E-state index contributed by atoms with van der Waals surface area (Å²) in [6.45, 7) is 8.71. The van der Waals surface area contributed by atoms with Crippen molar-refractivity contribution in [2.24, 2.45) is 11.8 Å². The highest BCUT2D eigenvalue weighted by molar-refractivity contribution is 6.32. The van der Waals surface area contributed by atoms with Crippen LogP contribution in [0.4, 0.5) is 0 Å². The third kappa shape index (κ3) is 6.55. The Morgan fingerprint density at radius 1 is 1.23 bits per heavy atom. The average Bonchev–Trinajstić information content (AvgIpc) is 3.19. The van der Waals surface area contributed by atoms with Gasteiger partial charge in [0.25, 0.3) is 5.91 Å². The van der Waals surface area contributed by atoms with E-state index in [1.165, 1.54) is 0 Å². The predicted octanol–water partition coefficient (Wildman–Crippen LogP) is 4.02. The molecule has 9 heteroatoms. The number of halogens is 1. The minimum Gasteiger partial charge on any atom is -0.492 e. The Hall–Kier alpha value is -2.58. The van der Waals surface area contributed by atoms with Crippen LogP contribution in [0.25, 0.3) is 11.3 Å². The zero-order valence-electron chi connectivity index (χ0n) is 20.6. The number of ether oxygens (including phenoxy) is 2. The summed E-state index contributed by atoms with van der Waals surface area (Å²) in [6, 6.07) is 7.58. The Morgan fingerprint density at radius 3 is 2.69 bits per heavy atom. The molecule has 0 bridgehead atoms. The van der Waals surface area contributed by atoms with E-state index in [4.69, 9.17) is 21.1 Å². The number of carbonyl (C=O) groups excluding carboxylic acids is 2. The van der Waals surface area contributed by atoms with E-state index in [0.29, 0.717) is 61.2 Å². The molecule has 3 heterocycles. The molecule has 0 aliphatic carbocycles. The molecule has 0 unspecified atom stereocenters. The molecule has 190 valence electrons. The summed E-state index contributed by atoms with van der Waals surface area (Å²) >= 11 is 6.47. The molecule has 8 nitrogen and oxygen atoms in total. The van der Waals surface area contributed by atoms with E-state index in [1.54, 1.807) is 0 Å². The first kappa shape index (κ1) is 25.5. The fraction of sp³-hybridized carbons (Fsp3) is 0.577. The van der Waals surface area contributed by atoms with Crippen LogP contribution in [0.1, 0.15) is 50.1 Å². The quantitative estimate of drug-likeness (QED) is 0.496. The Labute approximate surface area is 211 Å². The zero-order valence-corrected chi connectivity index (χ0v) is 21.4. The molecule has 1 aromatic heterocycles. The van der Waals surface area contributed by atoms with Gasteiger partial charge in [0.2, 0.25) is 11.7 Å². The maximum Gasteiger partial charge on any atom is 0.289 e. The predicted molar refractivity (Wildman–Crippen MR) is 135 cm³/mol. The number of fused-ring (bicyclic) bond motifs is 1. The third-order valence-corrected chi connectivity index (χ3v) is 6.87. The van der Waals surface area contributed by atoms with Crippen LogP contribution in [0.2, 0.25) is 5.15 Å². The Bertz CT molecular complexity index is 1020. The van der Waals surface area contributed by atoms with Gasteiger partial charge in [0.1, 0.15) is 12.4 Å². The summed E-state index contributed by atoms with van der Waals surface area (Å²) in [7, 11) is 0. The van der Waals surface area contributed by atoms with E-state index in [2.05, 4.69) is 24.1 Å². The molecule has 2 aromatic rings. The third-order valence-electron chi connectivity index (χ3n) is 6.61. The van der Waals surface area contributed by atoms with Gasteiger partial charge in [-0.1, -0.05) is 25.4 Å². The van der Waals surface area contributed by atoms with Gasteiger partial charge in [0.15, 0.2) is 5.15 Å². The van der Waals surface area contributed by atoms with Gasteiger partial charge in [-0.15, -0.1) is 0 Å². The highest BCUT2D eigenvalue weighted by atomic mass is 35.5. The number of nitrogens with zero attached hydrogens (tertiary/aromatic N) is 3. The molecule has 4 rings (SSSR count). The lowest BCUT2D eigenvalue weighted by Crippen LogP contribution is -2.41. The van der Waals surface area contributed by atoms with E-state index >= 15 is 0 Å². The summed E-state index contributed by atoms with van der Waals surface area (Å²) in [5, 5.41) is 3.26. The molecule has 35 heavy (non-hydrogen) atoms. The topological polar surface area (TPSA) is 85.7 Å². The van der Waals surface area contributed by atoms with Crippen molar-refractivity contribution in [3.63, 3.8) is 0 Å². The molecule has 0 radical (unpaired) electrons. The molecule has 1 aromatic carbocycles. The second-order valence-electron chi connectivity index (χ2n) is 9.68. The normalized spacial score (nSPS) is 16.5. The first-order chi connectivity index (χ1) is 16.9. The molecule has 2 aliphatic rings. The van der Waals surface area contributed by atoms with Crippen molar-refractivity contribution in [3.8, 4) is 17.0 Å². The molecule has 2 amide bonds. The summed E-state index contributed by atoms with van der Waals surface area (Å²) < 4.78 is 13.0. The number of amides is 2. The lowest BCUT2D eigenvalue weighted by atomic mass is 9.96. The number of benzene rings is 1. The van der Waals surface area contributed by atoms with Gasteiger partial charge in [-0.25, -0.2) is 4.98 Å². The van der Waals surface area contributed by atoms with Crippen LogP contribution in [-0.2, 0) is 16.1 Å². The van der Waals surface area contributed by atoms with Crippen molar-refractivity contribution in [2.75, 3.05) is 39.5 Å². The van der Waals surface area contributed by atoms with Gasteiger partial charge in [0, 0.05) is 44.8 Å². The summed E-state index contributed by atoms with van der Waals surface area (Å²) in [5.74, 6) is 2.06. The van der Waals surface area contributed by atoms with Crippen LogP contribution < -0.4 is 10.1 Å². The van der Waals surface area contributed by atoms with Crippen LogP contribution in [0.15, 0.2) is 24.3 Å². The fourth-order valence-electron chi connectivity index (χ4n) is 4.52. The number of hydrogen-bond acceptors (Lipinski definition) is 5. The molecule has 1 saturated heterocycles. The van der Waals surface area contributed by atoms with Crippen molar-refractivity contribution in [1.82, 2.24) is 19.8 Å². The zero-order chi connectivity index (χ0) is 24.8. The first-order valence-corrected chi connectivity index (χ1v) is 12.9. The van der Waals surface area contributed by atoms with Gasteiger partial charge >= 0.3 is 0 Å². The molecular weight excluding hydrogens is 468 g/mol. The molecule has 1 N–H and O–H groups in total. The lowest BCUT2D eigenvalue weighted by molar-refractivity contribution is -0.122. The fourth-order valence-corrected chi connectivity index (χ4v) is 4.81. The molecule has 1 fully saturated rings. The lowest BCUT2D eigenvalue weighted by Gasteiger charge is -2.28. The van der Waals surface area contributed by atoms with E-state index in [9.17, 15) is 9.59 Å². The minimum atomic E-state index is -0.0659. The maximum absolute atomic E-state index is 12.9. The van der Waals surface area contributed by atoms with E-state index in [-0.39, 0.29) is 11.8 Å². The second-order valence-corrected chi connectivity index (χ2v) is 10.0. The smallest absolute Gasteiger partial charge is 0.289 e. The van der Waals surface area contributed by atoms with Gasteiger partial charge in [0.05, 0.1) is 12.2 Å². The summed E-state index contributed by atoms with van der Waals surface area (Å²) in [4.78, 5) is 31.3. The van der Waals surface area contributed by atoms with Crippen molar-refractivity contribution >= 4 is 23.4 Å². The number of rotatable bonds is 10. The average molecular weight is 503 g/mol. The SMILES string of the molecule is CC(C)CCN1CCn2c(nc(Cl)c2-c2ccc(OCCNC(=O)CC3CCOCC3)cc2)C1=O. The summed E-state index contributed by atoms with van der Waals surface area (Å²) in [6.07, 6.45) is 3.41. The van der Waals surface area contributed by atoms with E-state index in [1.807, 2.05) is 33.7 Å². The Morgan fingerprint density at radius 2 is 1.97 bits per heavy atom. The standard InChI is InChI=1S/C26H35ClN4O4/c1-18(2)7-11-30-12-13-31-23(24(27)29-25(31)26(30)33)20-3-5-21(6-4-20)35-16-10-28-22(32)17-19-8-14-34-15-9-19/h3-6,18-19H,7-17H2,1-2H3,(H,28,32). The van der Waals surface area contributed by atoms with Crippen molar-refractivity contribution in [3.05, 3.63) is 35.2 Å². The van der Waals surface area contributed by atoms with Crippen molar-refractivity contribution in [1.29, 1.82) is 0 Å². The molecule has 2 aliphatic heterocycles. The highest BCUT2D eigenvalue weighted by Gasteiger charge is 2.30. The number of nitrogens with one attached hydrogen (secondary N) is 1. The Balaban J connectivity index is 1.29. The van der Waals surface area contributed by atoms with Crippen molar-refractivity contribution in [2.45, 2.75) is 46.1 Å². The molecule has 0 atom stereocenters. The van der Waals surface area contributed by atoms with E-state index in [0.717, 1.165) is 50.3 Å². The van der Waals surface area contributed by atoms with Gasteiger partial charge in [-0.05, 0) is 55.4 Å². The second kappa shape index (κ2) is 11.9. The van der Waals surface area contributed by atoms with Gasteiger partial charge in [-0.3, -0.25) is 9.59 Å². The summed E-state index contributed by atoms with van der Waals surface area (Å²) in [5.41, 5.74) is 1.64. The maximum atomic E-state index is 12.9. The molecular formula is C26H35ClN4O4. The number of hydrogen-bond donors (Lipinski definition) is 1. The van der Waals surface area contributed by atoms with Gasteiger partial charge < -0.3 is 24.3 Å². The van der Waals surface area contributed by atoms with Crippen LogP contribution in [0.5, 0.6) is 5.75 Å². The van der Waals surface area contributed by atoms with Gasteiger partial charge in [-0.2, -0.15) is 0 Å². The number of aromatic nitrogens is 2. The highest BCUT2D eigenvalue weighted by Crippen LogP contribution is 2.32. The molecule has 0 spiro atoms. The Kier molecular flexibility index (Phi) is 8.68. The van der Waals surface area contributed by atoms with Crippen LogP contribution >= 0.6 is 11.6 Å². The van der Waals surface area contributed by atoms with Crippen LogP contribution in [0, 0.1) is 11.8 Å². The molecule has 0 saturated carbocycles. The van der Waals surface area contributed by atoms with Crippen molar-refractivity contribution < 1.29 is 19.1 Å². The van der Waals surface area contributed by atoms with Crippen LogP contribution in [0.3, 0.4) is 0 Å².